The van der Waals surface area contributed by atoms with E-state index in [1.165, 1.54) is 0 Å². The molecule has 174 valence electrons. The van der Waals surface area contributed by atoms with Gasteiger partial charge in [-0.15, -0.1) is 0 Å². The zero-order valence-corrected chi connectivity index (χ0v) is 19.2. The highest BCUT2D eigenvalue weighted by Gasteiger charge is 2.25. The van der Waals surface area contributed by atoms with E-state index < -0.39 is 0 Å². The number of fused-ring (bicyclic) bond motifs is 1. The van der Waals surface area contributed by atoms with Gasteiger partial charge in [0.1, 0.15) is 6.54 Å². The Labute approximate surface area is 203 Å². The van der Waals surface area contributed by atoms with Gasteiger partial charge in [0.2, 0.25) is 5.91 Å². The molecule has 0 N–H and O–H groups in total. The van der Waals surface area contributed by atoms with Gasteiger partial charge in [0.05, 0.1) is 16.8 Å². The van der Waals surface area contributed by atoms with E-state index in [0.29, 0.717) is 26.2 Å². The van der Waals surface area contributed by atoms with Crippen LogP contribution < -0.4 is 4.90 Å². The molecule has 1 aliphatic heterocycles. The van der Waals surface area contributed by atoms with Gasteiger partial charge in [0, 0.05) is 31.7 Å². The van der Waals surface area contributed by atoms with E-state index in [1.54, 1.807) is 0 Å². The van der Waals surface area contributed by atoms with E-state index in [2.05, 4.69) is 16.1 Å². The Kier molecular flexibility index (Phi) is 5.50. The number of anilines is 1. The molecule has 0 saturated carbocycles. The summed E-state index contributed by atoms with van der Waals surface area (Å²) in [5.74, 6) is 0.910. The number of amides is 1. The van der Waals surface area contributed by atoms with Gasteiger partial charge in [-0.3, -0.25) is 9.48 Å². The predicted molar refractivity (Wildman–Crippen MR) is 136 cm³/mol. The zero-order valence-electron chi connectivity index (χ0n) is 19.2. The lowest BCUT2D eigenvalue weighted by atomic mass is 10.1. The third-order valence-electron chi connectivity index (χ3n) is 6.49. The molecule has 0 atom stereocenters. The van der Waals surface area contributed by atoms with E-state index >= 15 is 0 Å². The van der Waals surface area contributed by atoms with Gasteiger partial charge >= 0.3 is 0 Å². The number of benzene rings is 3. The molecule has 6 rings (SSSR count). The minimum Gasteiger partial charge on any atom is -0.354 e. The first-order chi connectivity index (χ1) is 17.3. The Morgan fingerprint density at radius 2 is 1.46 bits per heavy atom. The molecule has 0 spiro atoms. The number of rotatable bonds is 5. The Balaban J connectivity index is 1.20. The molecular formula is C28H25N5O2. The van der Waals surface area contributed by atoms with Crippen LogP contribution in [0.15, 0.2) is 95.5 Å². The predicted octanol–water partition coefficient (Wildman–Crippen LogP) is 4.71. The number of carbonyl (C=O) groups excluding carboxylic acids is 1. The van der Waals surface area contributed by atoms with Gasteiger partial charge < -0.3 is 14.3 Å². The molecule has 0 bridgehead atoms. The lowest BCUT2D eigenvalue weighted by Gasteiger charge is -2.34. The van der Waals surface area contributed by atoms with Crippen LogP contribution in [0.1, 0.15) is 0 Å². The van der Waals surface area contributed by atoms with Crippen LogP contribution in [0.2, 0.25) is 0 Å². The highest BCUT2D eigenvalue weighted by atomic mass is 16.5. The van der Waals surface area contributed by atoms with Crippen LogP contribution in [0.3, 0.4) is 0 Å². The molecule has 3 aromatic carbocycles. The first-order valence-corrected chi connectivity index (χ1v) is 11.8. The standard InChI is InChI=1S/C28H25N5O2/c34-27(31-15-17-32(18-16-31)28-23-13-7-8-14-26(23)35-30-28)20-33-25(22-11-5-2-6-12-22)19-24(29-33)21-9-3-1-4-10-21/h1-14,19H,15-18,20H2. The number of aromatic nitrogens is 3. The van der Waals surface area contributed by atoms with Crippen molar-refractivity contribution in [3.8, 4) is 22.5 Å². The van der Waals surface area contributed by atoms with Crippen molar-refractivity contribution in [3.63, 3.8) is 0 Å². The quantitative estimate of drug-likeness (QED) is 0.378. The van der Waals surface area contributed by atoms with E-state index in [9.17, 15) is 4.79 Å². The minimum absolute atomic E-state index is 0.0644. The normalized spacial score (nSPS) is 13.9. The monoisotopic (exact) mass is 463 g/mol. The molecule has 2 aromatic heterocycles. The van der Waals surface area contributed by atoms with Crippen LogP contribution in [0.25, 0.3) is 33.5 Å². The van der Waals surface area contributed by atoms with Gasteiger partial charge in [-0.1, -0.05) is 78.0 Å². The van der Waals surface area contributed by atoms with E-state index in [-0.39, 0.29) is 12.5 Å². The van der Waals surface area contributed by atoms with Crippen LogP contribution in [0.4, 0.5) is 5.82 Å². The fourth-order valence-corrected chi connectivity index (χ4v) is 4.62. The summed E-state index contributed by atoms with van der Waals surface area (Å²) in [6.07, 6.45) is 0. The SMILES string of the molecule is O=C(Cn1nc(-c2ccccc2)cc1-c1ccccc1)N1CCN(c2noc3ccccc23)CC1. The Bertz CT molecular complexity index is 1450. The summed E-state index contributed by atoms with van der Waals surface area (Å²) in [6, 6.07) is 30.1. The number of piperazine rings is 1. The number of hydrogen-bond donors (Lipinski definition) is 0. The molecule has 1 aliphatic rings. The molecule has 7 nitrogen and oxygen atoms in total. The first kappa shape index (κ1) is 21.2. The average Bonchev–Trinajstić information content (AvgIpc) is 3.54. The Morgan fingerprint density at radius 1 is 0.800 bits per heavy atom. The van der Waals surface area contributed by atoms with E-state index in [4.69, 9.17) is 9.62 Å². The van der Waals surface area contributed by atoms with Gasteiger partial charge in [-0.25, -0.2) is 0 Å². The van der Waals surface area contributed by atoms with Crippen molar-refractivity contribution in [2.45, 2.75) is 6.54 Å². The fourth-order valence-electron chi connectivity index (χ4n) is 4.62. The van der Waals surface area contributed by atoms with Crippen molar-refractivity contribution in [1.29, 1.82) is 0 Å². The van der Waals surface area contributed by atoms with Crippen molar-refractivity contribution < 1.29 is 9.32 Å². The van der Waals surface area contributed by atoms with Crippen molar-refractivity contribution in [2.24, 2.45) is 0 Å². The topological polar surface area (TPSA) is 67.4 Å². The molecule has 1 amide bonds. The molecule has 1 saturated heterocycles. The number of hydrogen-bond acceptors (Lipinski definition) is 5. The van der Waals surface area contributed by atoms with Gasteiger partial charge in [0.15, 0.2) is 11.4 Å². The van der Waals surface area contributed by atoms with Gasteiger partial charge in [-0.05, 0) is 23.8 Å². The maximum atomic E-state index is 13.3. The van der Waals surface area contributed by atoms with Crippen LogP contribution in [0, 0.1) is 0 Å². The van der Waals surface area contributed by atoms with E-state index in [1.807, 2.05) is 94.5 Å². The molecule has 7 heteroatoms. The maximum absolute atomic E-state index is 13.3. The molecule has 3 heterocycles. The summed E-state index contributed by atoms with van der Waals surface area (Å²) >= 11 is 0. The Hall–Kier alpha value is -4.39. The third-order valence-corrected chi connectivity index (χ3v) is 6.49. The van der Waals surface area contributed by atoms with Gasteiger partial charge in [-0.2, -0.15) is 5.10 Å². The van der Waals surface area contributed by atoms with Gasteiger partial charge in [0.25, 0.3) is 0 Å². The lowest BCUT2D eigenvalue weighted by molar-refractivity contribution is -0.132. The maximum Gasteiger partial charge on any atom is 0.244 e. The summed E-state index contributed by atoms with van der Waals surface area (Å²) in [7, 11) is 0. The second-order valence-corrected chi connectivity index (χ2v) is 8.67. The molecule has 1 fully saturated rings. The van der Waals surface area contributed by atoms with Crippen molar-refractivity contribution >= 4 is 22.7 Å². The molecule has 0 radical (unpaired) electrons. The van der Waals surface area contributed by atoms with Crippen molar-refractivity contribution in [3.05, 3.63) is 91.0 Å². The summed E-state index contributed by atoms with van der Waals surface area (Å²) < 4.78 is 7.30. The lowest BCUT2D eigenvalue weighted by Crippen LogP contribution is -2.49. The largest absolute Gasteiger partial charge is 0.354 e. The number of para-hydroxylation sites is 1. The molecule has 35 heavy (non-hydrogen) atoms. The third kappa shape index (κ3) is 4.17. The summed E-state index contributed by atoms with van der Waals surface area (Å²) in [6.45, 7) is 2.88. The summed E-state index contributed by atoms with van der Waals surface area (Å²) in [5.41, 5.74) is 4.65. The van der Waals surface area contributed by atoms with E-state index in [0.717, 1.165) is 39.3 Å². The fraction of sp³-hybridized carbons (Fsp3) is 0.179. The first-order valence-electron chi connectivity index (χ1n) is 11.8. The summed E-state index contributed by atoms with van der Waals surface area (Å²) in [5, 5.41) is 10.1. The van der Waals surface area contributed by atoms with Crippen LogP contribution in [0.5, 0.6) is 0 Å². The zero-order chi connectivity index (χ0) is 23.6. The summed E-state index contributed by atoms with van der Waals surface area (Å²) in [4.78, 5) is 17.4. The number of nitrogens with zero attached hydrogens (tertiary/aromatic N) is 5. The molecule has 0 aliphatic carbocycles. The number of carbonyl (C=O) groups is 1. The Morgan fingerprint density at radius 3 is 2.20 bits per heavy atom. The van der Waals surface area contributed by atoms with Crippen LogP contribution in [-0.2, 0) is 11.3 Å². The van der Waals surface area contributed by atoms with Crippen LogP contribution in [-0.4, -0.2) is 51.9 Å². The molecular weight excluding hydrogens is 438 g/mol. The smallest absolute Gasteiger partial charge is 0.244 e. The second-order valence-electron chi connectivity index (χ2n) is 8.67. The van der Waals surface area contributed by atoms with Crippen molar-refractivity contribution in [1.82, 2.24) is 19.8 Å². The molecule has 5 aromatic rings. The minimum atomic E-state index is 0.0644. The average molecular weight is 464 g/mol. The molecule has 0 unspecified atom stereocenters. The highest BCUT2D eigenvalue weighted by molar-refractivity contribution is 5.88. The van der Waals surface area contributed by atoms with Crippen LogP contribution >= 0.6 is 0 Å². The highest BCUT2D eigenvalue weighted by Crippen LogP contribution is 2.28. The second kappa shape index (κ2) is 9.10. The van der Waals surface area contributed by atoms with Crippen molar-refractivity contribution in [2.75, 3.05) is 31.1 Å².